The van der Waals surface area contributed by atoms with E-state index in [1.807, 2.05) is 24.4 Å². The van der Waals surface area contributed by atoms with Crippen LogP contribution < -0.4 is 4.74 Å². The van der Waals surface area contributed by atoms with Crippen LogP contribution >= 0.6 is 0 Å². The first-order chi connectivity index (χ1) is 53.8. The molecular weight excluding hydrogens is 1480 g/mol. The van der Waals surface area contributed by atoms with Crippen LogP contribution in [0.1, 0.15) is 186 Å². The Balaban J connectivity index is 0.000000128. The van der Waals surface area contributed by atoms with Gasteiger partial charge >= 0.3 is 0 Å². The molecule has 580 valence electrons. The summed E-state index contributed by atoms with van der Waals surface area (Å²) in [5.74, 6) is 1.09. The molecule has 0 aliphatic heterocycles. The molecule has 6 aliphatic carbocycles. The summed E-state index contributed by atoms with van der Waals surface area (Å²) in [4.78, 5) is 42.8. The first-order valence-electron chi connectivity index (χ1n) is 37.0. The summed E-state index contributed by atoms with van der Waals surface area (Å²) in [6.45, 7) is 17.2. The normalized spacial score (nSPS) is 21.8. The summed E-state index contributed by atoms with van der Waals surface area (Å²) >= 11 is 0. The Hall–Kier alpha value is -11.4. The zero-order valence-corrected chi connectivity index (χ0v) is 64.2. The molecule has 6 bridgehead atoms. The Bertz CT molecular complexity index is 5890. The average molecular weight is 1560 g/mol. The van der Waals surface area contributed by atoms with E-state index in [2.05, 4.69) is 131 Å². The SMILES string of the molecule is C=S(C)(=O)CCc1ncn(-c2nc(OC)cc([C@@]34CC[C@@H](c5cc(-c6c(F)cccc6F)nnc53)C4(C)C)n2)n1.CC(=O)CCn1cc(-c2cc(C)cc([C@@]34CC[C@@H](c5cc(-c6c(F)cccc6F)nnc53)C4(C)C)n2)cn1.CC1(C)[C@H]2CC[C@]1(c1ccnc(-n3cnc(C(F)F)n3)n1)c1nnc(-c3c(F)cccc3F)cc12. The second-order valence-electron chi connectivity index (χ2n) is 31.8. The van der Waals surface area contributed by atoms with Gasteiger partial charge in [0.15, 0.2) is 5.82 Å². The number of benzene rings is 3. The molecular formula is C82H77F8N19O3S. The highest BCUT2D eigenvalue weighted by molar-refractivity contribution is 7.99. The van der Waals surface area contributed by atoms with Crippen LogP contribution in [-0.2, 0) is 43.5 Å². The highest BCUT2D eigenvalue weighted by Gasteiger charge is 2.68. The summed E-state index contributed by atoms with van der Waals surface area (Å²) in [5.41, 5.74) is 7.48. The van der Waals surface area contributed by atoms with Crippen molar-refractivity contribution in [3.8, 4) is 62.8 Å². The topological polar surface area (TPSA) is 264 Å². The minimum Gasteiger partial charge on any atom is -0.481 e. The van der Waals surface area contributed by atoms with Crippen molar-refractivity contribution < 1.29 is 48.9 Å². The van der Waals surface area contributed by atoms with E-state index >= 15 is 0 Å². The highest BCUT2D eigenvalue weighted by Crippen LogP contribution is 2.72. The minimum absolute atomic E-state index is 0.0665. The van der Waals surface area contributed by atoms with Crippen molar-refractivity contribution in [1.29, 1.82) is 0 Å². The molecule has 3 fully saturated rings. The summed E-state index contributed by atoms with van der Waals surface area (Å²) in [6, 6.07) is 24.4. The molecule has 7 atom stereocenters. The maximum absolute atomic E-state index is 14.6. The third-order valence-corrected chi connectivity index (χ3v) is 25.7. The summed E-state index contributed by atoms with van der Waals surface area (Å²) in [5, 5.41) is 39.3. The number of nitrogens with zero attached hydrogens (tertiary/aromatic N) is 19. The van der Waals surface area contributed by atoms with Gasteiger partial charge in [0.25, 0.3) is 18.3 Å². The summed E-state index contributed by atoms with van der Waals surface area (Å²) < 4.78 is 135. The van der Waals surface area contributed by atoms with Crippen molar-refractivity contribution in [2.24, 2.45) is 16.2 Å². The van der Waals surface area contributed by atoms with Crippen molar-refractivity contribution in [2.45, 2.75) is 154 Å². The molecule has 1 unspecified atom stereocenters. The van der Waals surface area contributed by atoms with Crippen molar-refractivity contribution in [1.82, 2.24) is 94.8 Å². The molecule has 0 spiro atoms. The van der Waals surface area contributed by atoms with E-state index in [1.54, 1.807) is 48.5 Å². The van der Waals surface area contributed by atoms with Gasteiger partial charge in [-0.2, -0.15) is 34.7 Å². The van der Waals surface area contributed by atoms with E-state index in [0.717, 1.165) is 100 Å². The van der Waals surface area contributed by atoms with E-state index in [-0.39, 0.29) is 85.5 Å². The predicted molar refractivity (Wildman–Crippen MR) is 402 cm³/mol. The van der Waals surface area contributed by atoms with E-state index in [9.17, 15) is 44.1 Å². The van der Waals surface area contributed by atoms with Gasteiger partial charge in [0.2, 0.25) is 11.7 Å². The molecule has 22 nitrogen and oxygen atoms in total. The van der Waals surface area contributed by atoms with Gasteiger partial charge < -0.3 is 4.74 Å². The fourth-order valence-electron chi connectivity index (χ4n) is 19.0. The number of rotatable bonds is 17. The number of Topliss-reactive ketones (excluding diaryl/α,β-unsaturated/α-hetero) is 1. The Kier molecular flexibility index (Phi) is 18.6. The number of alkyl halides is 2. The first kappa shape index (κ1) is 75.7. The largest absolute Gasteiger partial charge is 0.481 e. The Labute approximate surface area is 644 Å². The molecule has 3 aromatic carbocycles. The van der Waals surface area contributed by atoms with Crippen molar-refractivity contribution >= 4 is 21.2 Å². The van der Waals surface area contributed by atoms with Crippen molar-refractivity contribution in [3.05, 3.63) is 231 Å². The van der Waals surface area contributed by atoms with Gasteiger partial charge in [-0.25, -0.2) is 60.0 Å². The highest BCUT2D eigenvalue weighted by atomic mass is 32.2. The van der Waals surface area contributed by atoms with Gasteiger partial charge in [-0.15, -0.1) is 25.5 Å². The quantitative estimate of drug-likeness (QED) is 0.0605. The Morgan fingerprint density at radius 1 is 0.575 bits per heavy atom. The zero-order chi connectivity index (χ0) is 79.8. The van der Waals surface area contributed by atoms with Gasteiger partial charge in [0.05, 0.1) is 103 Å². The molecule has 12 aromatic rings. The van der Waals surface area contributed by atoms with Crippen LogP contribution in [0.3, 0.4) is 0 Å². The summed E-state index contributed by atoms with van der Waals surface area (Å²) in [6.07, 6.45) is 12.5. The van der Waals surface area contributed by atoms with Gasteiger partial charge in [-0.3, -0.25) is 18.7 Å². The second-order valence-corrected chi connectivity index (χ2v) is 34.6. The molecule has 0 radical (unpaired) electrons. The number of halogens is 8. The van der Waals surface area contributed by atoms with E-state index < -0.39 is 72.9 Å². The monoisotopic (exact) mass is 1560 g/mol. The smallest absolute Gasteiger partial charge is 0.299 e. The van der Waals surface area contributed by atoms with Crippen LogP contribution in [0.5, 0.6) is 5.88 Å². The number of carbonyl (C=O) groups is 1. The number of aromatic nitrogens is 19. The van der Waals surface area contributed by atoms with Crippen LogP contribution in [0.2, 0.25) is 0 Å². The van der Waals surface area contributed by atoms with Gasteiger partial charge in [-0.05, 0) is 197 Å². The lowest BCUT2D eigenvalue weighted by molar-refractivity contribution is -0.117. The Morgan fingerprint density at radius 3 is 1.50 bits per heavy atom. The number of ketones is 1. The fraction of sp³-hybridized carbons (Fsp3) is 0.366. The first-order valence-corrected chi connectivity index (χ1v) is 39.3. The standard InChI is InChI=1S/C30H29F2N5O.C28H29F2N7O2S.C24H19F4N7/c1-17-12-24(19-15-33-37(16-19)11-9-18(2)38)34-26(13-17)30-10-8-21(29(30,3)4)20-14-25(35-36-28(20)30)27-22(31)6-5-7-23(27)32;1-27(2)17-9-11-28(27,25-16(17)13-20(34-35-25)24-18(29)7-6-8-19(24)30)21-14-23(39-3)33-26(32-21)37-15-31-22(36-37)10-12-40(4,5)38;1-23(2)13-6-8-24(23,17-7-9-29-22(31-17)35-11-30-21(34-35)20(27)28)19-12(13)10-16(32-33-19)18-14(25)4-3-5-15(18)26/h5-7,12-16,21H,8-11H2,1-4H3;6-8,13-15,17H,4,9-12H2,1-3,5H3;3-5,7,9-11,13,20H,6,8H2,1-2H3/t21-,30-;17-,28-,40?;13-,24-/m000/s1. The lowest BCUT2D eigenvalue weighted by Gasteiger charge is -2.37. The van der Waals surface area contributed by atoms with Crippen molar-refractivity contribution in [2.75, 3.05) is 19.1 Å². The Morgan fingerprint density at radius 2 is 1.04 bits per heavy atom. The number of fused-ring (bicyclic) bond motifs is 15. The molecule has 18 rings (SSSR count). The molecule has 6 aliphatic rings. The molecule has 31 heteroatoms. The lowest BCUT2D eigenvalue weighted by Crippen LogP contribution is -2.38. The van der Waals surface area contributed by atoms with Gasteiger partial charge in [-0.1, -0.05) is 59.7 Å². The van der Waals surface area contributed by atoms with Crippen LogP contribution in [0.4, 0.5) is 35.1 Å². The third kappa shape index (κ3) is 12.3. The molecule has 3 saturated carbocycles. The number of hydrogen-bond donors (Lipinski definition) is 0. The molecule has 0 N–H and O–H groups in total. The second kappa shape index (κ2) is 27.8. The van der Waals surface area contributed by atoms with Gasteiger partial charge in [0.1, 0.15) is 53.3 Å². The minimum atomic E-state index is -2.81. The zero-order valence-electron chi connectivity index (χ0n) is 63.4. The molecule has 0 amide bonds. The maximum atomic E-state index is 14.6. The van der Waals surface area contributed by atoms with E-state index in [0.29, 0.717) is 53.9 Å². The van der Waals surface area contributed by atoms with Gasteiger partial charge in [0, 0.05) is 55.4 Å². The van der Waals surface area contributed by atoms with Crippen LogP contribution in [-0.4, -0.2) is 130 Å². The molecule has 0 saturated heterocycles. The molecule has 9 aromatic heterocycles. The maximum Gasteiger partial charge on any atom is 0.299 e. The van der Waals surface area contributed by atoms with E-state index in [4.69, 9.17) is 14.7 Å². The molecule has 9 heterocycles. The average Bonchev–Trinajstić information content (AvgIpc) is 1.53. The van der Waals surface area contributed by atoms with Crippen molar-refractivity contribution in [3.63, 3.8) is 0 Å². The predicted octanol–water partition coefficient (Wildman–Crippen LogP) is 15.0. The molecule has 113 heavy (non-hydrogen) atoms. The summed E-state index contributed by atoms with van der Waals surface area (Å²) in [7, 11) is -0.641. The lowest BCUT2D eigenvalue weighted by atomic mass is 9.66. The van der Waals surface area contributed by atoms with Crippen LogP contribution in [0.15, 0.2) is 128 Å². The third-order valence-electron chi connectivity index (χ3n) is 24.7. The number of carbonyl (C=O) groups excluding carboxylic acids is 1. The number of hydrogen-bond acceptors (Lipinski definition) is 19. The fourth-order valence-corrected chi connectivity index (χ4v) is 19.6. The van der Waals surface area contributed by atoms with Crippen LogP contribution in [0, 0.1) is 58.1 Å². The number of pyridine rings is 1. The number of ether oxygens (including phenoxy) is 1. The van der Waals surface area contributed by atoms with E-state index in [1.165, 1.54) is 72.7 Å². The number of methoxy groups -OCH3 is 1. The van der Waals surface area contributed by atoms with Crippen LogP contribution in [0.25, 0.3) is 56.9 Å². The number of aryl methyl sites for hydroxylation is 3.